The van der Waals surface area contributed by atoms with Crippen LogP contribution in [0.5, 0.6) is 0 Å². The molecule has 0 aliphatic carbocycles. The molecule has 0 atom stereocenters. The average molecular weight is 334 g/mol. The molecule has 3 aromatic rings. The van der Waals surface area contributed by atoms with Gasteiger partial charge < -0.3 is 8.98 Å². The molecule has 2 heterocycles. The largest absolute Gasteiger partial charge is 0.463 e. The molecule has 5 heteroatoms. The molecule has 0 saturated carbocycles. The van der Waals surface area contributed by atoms with Gasteiger partial charge in [-0.2, -0.15) is 0 Å². The van der Waals surface area contributed by atoms with Crippen LogP contribution >= 0.6 is 0 Å². The van der Waals surface area contributed by atoms with Crippen LogP contribution in [0.15, 0.2) is 64.3 Å². The van der Waals surface area contributed by atoms with Crippen molar-refractivity contribution in [2.24, 2.45) is 0 Å². The lowest BCUT2D eigenvalue weighted by atomic mass is 10.1. The Morgan fingerprint density at radius 3 is 2.88 bits per heavy atom. The lowest BCUT2D eigenvalue weighted by molar-refractivity contribution is -0.110. The first-order valence-electron chi connectivity index (χ1n) is 8.11. The smallest absolute Gasteiger partial charge is 0.199 e. The van der Waals surface area contributed by atoms with Crippen molar-refractivity contribution in [3.8, 4) is 0 Å². The van der Waals surface area contributed by atoms with E-state index < -0.39 is 0 Å². The van der Waals surface area contributed by atoms with E-state index in [1.807, 2.05) is 10.8 Å². The molecule has 0 spiro atoms. The van der Waals surface area contributed by atoms with E-state index in [0.717, 1.165) is 18.8 Å². The Bertz CT molecular complexity index is 1010. The standard InChI is InChI=1S/C20H18N2O3/c1-2-12-22-13-11-21-19(22)10-9-16(23)8-7-15-14-25-18-6-4-3-5-17(18)20(15)24/h3-11,13-14H,2,12H2,1H3/b8-7+,10-9+. The zero-order valence-corrected chi connectivity index (χ0v) is 13.9. The van der Waals surface area contributed by atoms with Gasteiger partial charge in [0.25, 0.3) is 0 Å². The first-order valence-corrected chi connectivity index (χ1v) is 8.11. The summed E-state index contributed by atoms with van der Waals surface area (Å²) in [7, 11) is 0. The summed E-state index contributed by atoms with van der Waals surface area (Å²) >= 11 is 0. The Morgan fingerprint density at radius 1 is 1.24 bits per heavy atom. The Kier molecular flexibility index (Phi) is 5.04. The summed E-state index contributed by atoms with van der Waals surface area (Å²) in [5.74, 6) is 0.507. The summed E-state index contributed by atoms with van der Waals surface area (Å²) in [6.07, 6.45) is 11.9. The number of para-hydroxylation sites is 1. The topological polar surface area (TPSA) is 65.1 Å². The molecule has 1 aromatic carbocycles. The van der Waals surface area contributed by atoms with E-state index in [-0.39, 0.29) is 11.2 Å². The fourth-order valence-corrected chi connectivity index (χ4v) is 2.50. The van der Waals surface area contributed by atoms with E-state index in [1.54, 1.807) is 36.5 Å². The van der Waals surface area contributed by atoms with E-state index in [1.165, 1.54) is 24.5 Å². The molecule has 0 bridgehead atoms. The van der Waals surface area contributed by atoms with Crippen molar-refractivity contribution in [1.29, 1.82) is 0 Å². The van der Waals surface area contributed by atoms with Gasteiger partial charge in [0, 0.05) is 18.9 Å². The molecule has 0 fully saturated rings. The second kappa shape index (κ2) is 7.57. The van der Waals surface area contributed by atoms with E-state index >= 15 is 0 Å². The number of hydrogen-bond donors (Lipinski definition) is 0. The molecule has 0 saturated heterocycles. The summed E-state index contributed by atoms with van der Waals surface area (Å²) in [6, 6.07) is 7.01. The highest BCUT2D eigenvalue weighted by Crippen LogP contribution is 2.11. The number of nitrogens with zero attached hydrogens (tertiary/aromatic N) is 2. The van der Waals surface area contributed by atoms with Crippen LogP contribution in [0, 0.1) is 0 Å². The SMILES string of the molecule is CCCn1ccnc1/C=C/C(=O)/C=C/c1coc2ccccc2c1=O. The van der Waals surface area contributed by atoms with Gasteiger partial charge in [-0.15, -0.1) is 0 Å². The van der Waals surface area contributed by atoms with Crippen molar-refractivity contribution in [3.05, 3.63) is 76.7 Å². The summed E-state index contributed by atoms with van der Waals surface area (Å²) in [4.78, 5) is 28.6. The molecule has 0 radical (unpaired) electrons. The number of carbonyl (C=O) groups is 1. The molecule has 126 valence electrons. The molecule has 0 aliphatic rings. The van der Waals surface area contributed by atoms with Crippen molar-refractivity contribution in [1.82, 2.24) is 9.55 Å². The van der Waals surface area contributed by atoms with Gasteiger partial charge in [0.1, 0.15) is 17.7 Å². The Morgan fingerprint density at radius 2 is 2.04 bits per heavy atom. The van der Waals surface area contributed by atoms with Gasteiger partial charge in [0.15, 0.2) is 11.2 Å². The third-order valence-electron chi connectivity index (χ3n) is 3.74. The van der Waals surface area contributed by atoms with Crippen LogP contribution in [0.2, 0.25) is 0 Å². The number of imidazole rings is 1. The molecule has 25 heavy (non-hydrogen) atoms. The Hall–Kier alpha value is -3.21. The lowest BCUT2D eigenvalue weighted by Gasteiger charge is -2.00. The molecule has 0 unspecified atom stereocenters. The minimum absolute atomic E-state index is 0.159. The van der Waals surface area contributed by atoms with Crippen LogP contribution in [0.25, 0.3) is 23.1 Å². The Labute approximate surface area is 144 Å². The first kappa shape index (κ1) is 16.6. The number of aromatic nitrogens is 2. The fourth-order valence-electron chi connectivity index (χ4n) is 2.50. The maximum atomic E-state index is 12.3. The maximum absolute atomic E-state index is 12.3. The Balaban J connectivity index is 1.77. The quantitative estimate of drug-likeness (QED) is 0.645. The number of rotatable bonds is 6. The van der Waals surface area contributed by atoms with E-state index in [4.69, 9.17) is 4.42 Å². The number of fused-ring (bicyclic) bond motifs is 1. The van der Waals surface area contributed by atoms with Gasteiger partial charge in [-0.1, -0.05) is 19.1 Å². The van der Waals surface area contributed by atoms with E-state index in [2.05, 4.69) is 11.9 Å². The van der Waals surface area contributed by atoms with Gasteiger partial charge >= 0.3 is 0 Å². The van der Waals surface area contributed by atoms with Crippen LogP contribution in [-0.4, -0.2) is 15.3 Å². The predicted molar refractivity (Wildman–Crippen MR) is 98.1 cm³/mol. The number of ketones is 1. The minimum atomic E-state index is -0.224. The molecular weight excluding hydrogens is 316 g/mol. The number of hydrogen-bond acceptors (Lipinski definition) is 4. The second-order valence-electron chi connectivity index (χ2n) is 5.56. The summed E-state index contributed by atoms with van der Waals surface area (Å²) in [5.41, 5.74) is 0.708. The van der Waals surface area contributed by atoms with Crippen LogP contribution < -0.4 is 5.43 Å². The molecule has 5 nitrogen and oxygen atoms in total. The van der Waals surface area contributed by atoms with Crippen LogP contribution in [0.3, 0.4) is 0 Å². The highest BCUT2D eigenvalue weighted by atomic mass is 16.3. The predicted octanol–water partition coefficient (Wildman–Crippen LogP) is 3.70. The number of carbonyl (C=O) groups excluding carboxylic acids is 1. The van der Waals surface area contributed by atoms with Gasteiger partial charge in [-0.25, -0.2) is 4.98 Å². The van der Waals surface area contributed by atoms with Gasteiger partial charge in [0.2, 0.25) is 0 Å². The monoisotopic (exact) mass is 334 g/mol. The lowest BCUT2D eigenvalue weighted by Crippen LogP contribution is -2.04. The van der Waals surface area contributed by atoms with Gasteiger partial charge in [-0.3, -0.25) is 9.59 Å². The molecule has 0 amide bonds. The van der Waals surface area contributed by atoms with Crippen molar-refractivity contribution in [2.45, 2.75) is 19.9 Å². The third kappa shape index (κ3) is 3.83. The van der Waals surface area contributed by atoms with Gasteiger partial charge in [0.05, 0.1) is 10.9 Å². The molecular formula is C20H18N2O3. The molecule has 3 rings (SSSR count). The normalized spacial score (nSPS) is 11.7. The van der Waals surface area contributed by atoms with Crippen LogP contribution in [0.1, 0.15) is 24.7 Å². The zero-order chi connectivity index (χ0) is 17.6. The van der Waals surface area contributed by atoms with Crippen molar-refractivity contribution >= 4 is 28.9 Å². The van der Waals surface area contributed by atoms with Crippen molar-refractivity contribution < 1.29 is 9.21 Å². The van der Waals surface area contributed by atoms with Crippen molar-refractivity contribution in [3.63, 3.8) is 0 Å². The maximum Gasteiger partial charge on any atom is 0.199 e. The van der Waals surface area contributed by atoms with E-state index in [0.29, 0.717) is 16.5 Å². The van der Waals surface area contributed by atoms with E-state index in [9.17, 15) is 9.59 Å². The van der Waals surface area contributed by atoms with Gasteiger partial charge in [-0.05, 0) is 42.9 Å². The van der Waals surface area contributed by atoms with Crippen molar-refractivity contribution in [2.75, 3.05) is 0 Å². The number of aryl methyl sites for hydroxylation is 1. The molecule has 0 N–H and O–H groups in total. The highest BCUT2D eigenvalue weighted by molar-refractivity contribution is 6.04. The first-order chi connectivity index (χ1) is 12.2. The summed E-state index contributed by atoms with van der Waals surface area (Å²) < 4.78 is 7.40. The number of allylic oxidation sites excluding steroid dienone is 2. The number of benzene rings is 1. The summed E-state index contributed by atoms with van der Waals surface area (Å²) in [6.45, 7) is 2.93. The average Bonchev–Trinajstić information content (AvgIpc) is 3.07. The second-order valence-corrected chi connectivity index (χ2v) is 5.56. The van der Waals surface area contributed by atoms with Crippen LogP contribution in [0.4, 0.5) is 0 Å². The summed E-state index contributed by atoms with van der Waals surface area (Å²) in [5, 5.41) is 0.495. The fraction of sp³-hybridized carbons (Fsp3) is 0.150. The minimum Gasteiger partial charge on any atom is -0.463 e. The zero-order valence-electron chi connectivity index (χ0n) is 13.9. The molecule has 2 aromatic heterocycles. The van der Waals surface area contributed by atoms with Crippen LogP contribution in [-0.2, 0) is 11.3 Å². The highest BCUT2D eigenvalue weighted by Gasteiger charge is 2.04. The molecule has 0 aliphatic heterocycles. The third-order valence-corrected chi connectivity index (χ3v) is 3.74.